The molecule has 0 saturated heterocycles. The molecule has 1 N–H and O–H groups in total. The van der Waals surface area contributed by atoms with Crippen molar-refractivity contribution in [1.82, 2.24) is 0 Å². The number of halogens is 1. The Labute approximate surface area is 99.9 Å². The first-order chi connectivity index (χ1) is 7.69. The lowest BCUT2D eigenvalue weighted by Gasteiger charge is -2.06. The first kappa shape index (κ1) is 11.1. The van der Waals surface area contributed by atoms with E-state index in [2.05, 4.69) is 14.1 Å². The standard InChI is InChI=1S/C9H8ClN3O2S/c1-15-9-8(12-16(14)13-9)11-7-4-2-3-6(10)5-7/h2-5H,1H3,(H,11,12). The fourth-order valence-electron chi connectivity index (χ4n) is 1.16. The first-order valence-corrected chi connectivity index (χ1v) is 5.79. The minimum Gasteiger partial charge on any atom is -0.478 e. The van der Waals surface area contributed by atoms with Crippen LogP contribution < -0.4 is 5.32 Å². The molecule has 1 aliphatic rings. The van der Waals surface area contributed by atoms with Crippen LogP contribution >= 0.6 is 11.6 Å². The van der Waals surface area contributed by atoms with Crippen molar-refractivity contribution in [3.8, 4) is 0 Å². The van der Waals surface area contributed by atoms with E-state index in [-0.39, 0.29) is 5.90 Å². The third kappa shape index (κ3) is 2.40. The summed E-state index contributed by atoms with van der Waals surface area (Å²) in [5.74, 6) is 0.557. The van der Waals surface area contributed by atoms with Gasteiger partial charge in [-0.05, 0) is 18.2 Å². The van der Waals surface area contributed by atoms with Gasteiger partial charge in [-0.15, -0.1) is 8.80 Å². The second kappa shape index (κ2) is 4.63. The molecule has 0 aliphatic carbocycles. The third-order valence-electron chi connectivity index (χ3n) is 1.81. The van der Waals surface area contributed by atoms with Crippen molar-refractivity contribution < 1.29 is 8.95 Å². The highest BCUT2D eigenvalue weighted by atomic mass is 35.5. The Bertz CT molecular complexity index is 501. The summed E-state index contributed by atoms with van der Waals surface area (Å²) < 4.78 is 23.4. The molecule has 1 unspecified atom stereocenters. The van der Waals surface area contributed by atoms with Gasteiger partial charge in [-0.1, -0.05) is 17.7 Å². The van der Waals surface area contributed by atoms with Crippen molar-refractivity contribution in [2.45, 2.75) is 0 Å². The van der Waals surface area contributed by atoms with Gasteiger partial charge in [-0.2, -0.15) is 0 Å². The second-order valence-corrected chi connectivity index (χ2v) is 4.17. The Balaban J connectivity index is 2.20. The first-order valence-electron chi connectivity index (χ1n) is 4.35. The van der Waals surface area contributed by atoms with E-state index < -0.39 is 11.2 Å². The SMILES string of the molecule is COC1=NS(=O)N=C1Nc1cccc(Cl)c1. The zero-order valence-corrected chi connectivity index (χ0v) is 9.88. The summed E-state index contributed by atoms with van der Waals surface area (Å²) in [6.45, 7) is 0. The molecule has 0 spiro atoms. The number of nitrogens with zero attached hydrogens (tertiary/aromatic N) is 2. The highest BCUT2D eigenvalue weighted by molar-refractivity contribution is 7.83. The van der Waals surface area contributed by atoms with Crippen molar-refractivity contribution in [2.75, 3.05) is 12.4 Å². The molecule has 7 heteroatoms. The van der Waals surface area contributed by atoms with Gasteiger partial charge in [0.05, 0.1) is 7.11 Å². The molecule has 16 heavy (non-hydrogen) atoms. The largest absolute Gasteiger partial charge is 0.478 e. The molecular formula is C9H8ClN3O2S. The van der Waals surface area contributed by atoms with Gasteiger partial charge in [0.1, 0.15) is 0 Å². The molecule has 1 aromatic carbocycles. The van der Waals surface area contributed by atoms with E-state index in [4.69, 9.17) is 16.3 Å². The molecule has 1 aromatic rings. The van der Waals surface area contributed by atoms with Gasteiger partial charge in [0, 0.05) is 10.7 Å². The van der Waals surface area contributed by atoms with Crippen molar-refractivity contribution in [3.63, 3.8) is 0 Å². The van der Waals surface area contributed by atoms with Crippen LogP contribution in [-0.4, -0.2) is 23.1 Å². The van der Waals surface area contributed by atoms with Crippen LogP contribution in [-0.2, 0) is 15.9 Å². The average molecular weight is 258 g/mol. The molecule has 2 rings (SSSR count). The number of hydrogen-bond donors (Lipinski definition) is 1. The van der Waals surface area contributed by atoms with Gasteiger partial charge in [0.2, 0.25) is 5.84 Å². The van der Waals surface area contributed by atoms with Crippen LogP contribution in [0.5, 0.6) is 0 Å². The van der Waals surface area contributed by atoms with Crippen LogP contribution in [0.4, 0.5) is 5.69 Å². The van der Waals surface area contributed by atoms with E-state index in [1.54, 1.807) is 18.2 Å². The summed E-state index contributed by atoms with van der Waals surface area (Å²) in [5.41, 5.74) is 0.731. The molecule has 0 radical (unpaired) electrons. The minimum atomic E-state index is -1.61. The van der Waals surface area contributed by atoms with Crippen LogP contribution in [0.15, 0.2) is 33.1 Å². The summed E-state index contributed by atoms with van der Waals surface area (Å²) in [7, 11) is 1.44. The van der Waals surface area contributed by atoms with E-state index in [1.807, 2.05) is 6.07 Å². The van der Waals surface area contributed by atoms with Gasteiger partial charge < -0.3 is 10.1 Å². The van der Waals surface area contributed by atoms with E-state index >= 15 is 0 Å². The highest BCUT2D eigenvalue weighted by Gasteiger charge is 2.19. The number of benzene rings is 1. The Morgan fingerprint density at radius 1 is 1.44 bits per heavy atom. The van der Waals surface area contributed by atoms with E-state index in [0.717, 1.165) is 5.69 Å². The molecule has 0 fully saturated rings. The van der Waals surface area contributed by atoms with E-state index in [0.29, 0.717) is 10.9 Å². The van der Waals surface area contributed by atoms with E-state index in [9.17, 15) is 4.21 Å². The molecule has 0 aromatic heterocycles. The number of amidine groups is 1. The lowest BCUT2D eigenvalue weighted by atomic mass is 10.3. The maximum Gasteiger partial charge on any atom is 0.271 e. The number of rotatable bonds is 1. The number of anilines is 1. The Morgan fingerprint density at radius 2 is 2.25 bits per heavy atom. The number of ether oxygens (including phenoxy) is 1. The molecule has 1 atom stereocenters. The molecule has 0 saturated carbocycles. The lowest BCUT2D eigenvalue weighted by molar-refractivity contribution is 0.413. The van der Waals surface area contributed by atoms with Gasteiger partial charge in [-0.3, -0.25) is 0 Å². The summed E-state index contributed by atoms with van der Waals surface area (Å²) in [6, 6.07) is 7.08. The van der Waals surface area contributed by atoms with Crippen molar-refractivity contribution in [2.24, 2.45) is 8.80 Å². The molecular weight excluding hydrogens is 250 g/mol. The van der Waals surface area contributed by atoms with Gasteiger partial charge in [0.25, 0.3) is 17.1 Å². The average Bonchev–Trinajstić information content (AvgIpc) is 2.59. The number of methoxy groups -OCH3 is 1. The number of nitrogens with one attached hydrogen (secondary N) is 1. The maximum absolute atomic E-state index is 11.1. The predicted molar refractivity (Wildman–Crippen MR) is 65.1 cm³/mol. The van der Waals surface area contributed by atoms with Crippen LogP contribution in [0, 0.1) is 0 Å². The van der Waals surface area contributed by atoms with Gasteiger partial charge in [-0.25, -0.2) is 4.21 Å². The van der Waals surface area contributed by atoms with Gasteiger partial charge >= 0.3 is 0 Å². The van der Waals surface area contributed by atoms with Crippen molar-refractivity contribution in [3.05, 3.63) is 29.3 Å². The van der Waals surface area contributed by atoms with Gasteiger partial charge in [0.15, 0.2) is 0 Å². The summed E-state index contributed by atoms with van der Waals surface area (Å²) in [4.78, 5) is 0. The number of hydrogen-bond acceptors (Lipinski definition) is 3. The molecule has 0 amide bonds. The molecule has 0 bridgehead atoms. The van der Waals surface area contributed by atoms with E-state index in [1.165, 1.54) is 7.11 Å². The summed E-state index contributed by atoms with van der Waals surface area (Å²) in [6.07, 6.45) is 0. The van der Waals surface area contributed by atoms with Crippen LogP contribution in [0.3, 0.4) is 0 Å². The van der Waals surface area contributed by atoms with Crippen LogP contribution in [0.2, 0.25) is 5.02 Å². The fraction of sp³-hybridized carbons (Fsp3) is 0.111. The third-order valence-corrected chi connectivity index (χ3v) is 2.71. The molecule has 1 aliphatic heterocycles. The summed E-state index contributed by atoms with van der Waals surface area (Å²) >= 11 is 4.22. The maximum atomic E-state index is 11.1. The Hall–Kier alpha value is -1.40. The normalized spacial score (nSPS) is 19.0. The molecule has 84 valence electrons. The zero-order valence-electron chi connectivity index (χ0n) is 8.31. The predicted octanol–water partition coefficient (Wildman–Crippen LogP) is 1.79. The Morgan fingerprint density at radius 3 is 2.94 bits per heavy atom. The zero-order chi connectivity index (χ0) is 11.5. The van der Waals surface area contributed by atoms with Crippen LogP contribution in [0.25, 0.3) is 0 Å². The highest BCUT2D eigenvalue weighted by Crippen LogP contribution is 2.16. The fourth-order valence-corrected chi connectivity index (χ4v) is 1.98. The monoisotopic (exact) mass is 257 g/mol. The lowest BCUT2D eigenvalue weighted by Crippen LogP contribution is -2.21. The molecule has 5 nitrogen and oxygen atoms in total. The minimum absolute atomic E-state index is 0.221. The Kier molecular flexibility index (Phi) is 3.21. The second-order valence-electron chi connectivity index (χ2n) is 2.91. The topological polar surface area (TPSA) is 63.0 Å². The molecule has 1 heterocycles. The smallest absolute Gasteiger partial charge is 0.271 e. The van der Waals surface area contributed by atoms with Crippen molar-refractivity contribution >= 4 is 40.2 Å². The van der Waals surface area contributed by atoms with Crippen molar-refractivity contribution in [1.29, 1.82) is 0 Å². The van der Waals surface area contributed by atoms with Crippen LogP contribution in [0.1, 0.15) is 0 Å². The summed E-state index contributed by atoms with van der Waals surface area (Å²) in [5, 5.41) is 3.53. The quantitative estimate of drug-likeness (QED) is 0.834.